The van der Waals surface area contributed by atoms with Crippen molar-refractivity contribution in [2.24, 2.45) is 5.92 Å². The van der Waals surface area contributed by atoms with Gasteiger partial charge in [0, 0.05) is 55.0 Å². The minimum atomic E-state index is -0.415. The van der Waals surface area contributed by atoms with E-state index in [1.807, 2.05) is 41.3 Å². The molecule has 1 saturated carbocycles. The lowest BCUT2D eigenvalue weighted by Crippen LogP contribution is -2.36. The third-order valence-corrected chi connectivity index (χ3v) is 7.00. The molecule has 1 aliphatic heterocycles. The van der Waals surface area contributed by atoms with E-state index in [0.29, 0.717) is 61.0 Å². The number of carbonyl (C=O) groups excluding carboxylic acids is 1. The van der Waals surface area contributed by atoms with Crippen LogP contribution >= 0.6 is 0 Å². The van der Waals surface area contributed by atoms with E-state index in [-0.39, 0.29) is 12.2 Å². The van der Waals surface area contributed by atoms with Gasteiger partial charge in [0.25, 0.3) is 0 Å². The first-order valence-corrected chi connectivity index (χ1v) is 13.0. The molecule has 0 spiro atoms. The number of morpholine rings is 1. The summed E-state index contributed by atoms with van der Waals surface area (Å²) in [5, 5.41) is 5.05. The van der Waals surface area contributed by atoms with E-state index in [1.54, 1.807) is 18.3 Å². The van der Waals surface area contributed by atoms with Crippen LogP contribution in [-0.2, 0) is 11.2 Å². The molecule has 3 aromatic carbocycles. The van der Waals surface area contributed by atoms with Gasteiger partial charge in [-0.3, -0.25) is 4.79 Å². The average molecular weight is 513 g/mol. The van der Waals surface area contributed by atoms with E-state index in [9.17, 15) is 9.18 Å². The number of hydrogen-bond donors (Lipinski definition) is 1. The number of anilines is 2. The minimum absolute atomic E-state index is 0.139. The van der Waals surface area contributed by atoms with Gasteiger partial charge in [-0.05, 0) is 54.0 Å². The van der Waals surface area contributed by atoms with Gasteiger partial charge < -0.3 is 19.7 Å². The van der Waals surface area contributed by atoms with E-state index in [1.165, 1.54) is 25.0 Å². The largest absolute Gasteiger partial charge is 0.438 e. The zero-order valence-corrected chi connectivity index (χ0v) is 21.0. The summed E-state index contributed by atoms with van der Waals surface area (Å²) in [6.45, 7) is 3.40. The van der Waals surface area contributed by atoms with Gasteiger partial charge in [-0.15, -0.1) is 0 Å². The van der Waals surface area contributed by atoms with Crippen LogP contribution in [0.4, 0.5) is 16.0 Å². The highest BCUT2D eigenvalue weighted by Crippen LogP contribution is 2.33. The summed E-state index contributed by atoms with van der Waals surface area (Å²) in [6, 6.07) is 17.8. The van der Waals surface area contributed by atoms with Gasteiger partial charge in [-0.2, -0.15) is 4.98 Å². The van der Waals surface area contributed by atoms with Crippen LogP contribution in [0.5, 0.6) is 11.6 Å². The van der Waals surface area contributed by atoms with Crippen molar-refractivity contribution in [2.75, 3.05) is 43.1 Å². The van der Waals surface area contributed by atoms with Crippen molar-refractivity contribution in [1.29, 1.82) is 0 Å². The molecule has 6 rings (SSSR count). The van der Waals surface area contributed by atoms with Crippen molar-refractivity contribution in [3.05, 3.63) is 83.8 Å². The van der Waals surface area contributed by atoms with Gasteiger partial charge in [0.2, 0.25) is 11.8 Å². The fourth-order valence-electron chi connectivity index (χ4n) is 4.75. The second-order valence-corrected chi connectivity index (χ2v) is 9.81. The van der Waals surface area contributed by atoms with Crippen molar-refractivity contribution in [3.8, 4) is 11.6 Å². The minimum Gasteiger partial charge on any atom is -0.438 e. The van der Waals surface area contributed by atoms with Gasteiger partial charge in [-0.1, -0.05) is 30.3 Å². The van der Waals surface area contributed by atoms with Gasteiger partial charge in [-0.25, -0.2) is 9.37 Å². The van der Waals surface area contributed by atoms with Crippen molar-refractivity contribution >= 4 is 28.2 Å². The molecule has 2 aliphatic rings. The molecule has 2 fully saturated rings. The smallest absolute Gasteiger partial charge is 0.225 e. The summed E-state index contributed by atoms with van der Waals surface area (Å²) >= 11 is 0. The van der Waals surface area contributed by atoms with E-state index >= 15 is 0 Å². The number of aromatic nitrogens is 2. The van der Waals surface area contributed by atoms with Gasteiger partial charge in [0.15, 0.2) is 5.78 Å². The lowest BCUT2D eigenvalue weighted by atomic mass is 9.97. The number of nitrogens with zero attached hydrogens (tertiary/aromatic N) is 3. The molecular weight excluding hydrogens is 483 g/mol. The Morgan fingerprint density at radius 1 is 1.05 bits per heavy atom. The number of benzene rings is 3. The van der Waals surface area contributed by atoms with Crippen molar-refractivity contribution in [3.63, 3.8) is 0 Å². The second-order valence-electron chi connectivity index (χ2n) is 9.81. The molecule has 1 saturated heterocycles. The lowest BCUT2D eigenvalue weighted by Gasteiger charge is -2.29. The number of rotatable bonds is 9. The third-order valence-electron chi connectivity index (χ3n) is 7.00. The van der Waals surface area contributed by atoms with Crippen LogP contribution in [-0.4, -0.2) is 48.6 Å². The maximum absolute atomic E-state index is 14.5. The highest BCUT2D eigenvalue weighted by atomic mass is 19.1. The first-order valence-electron chi connectivity index (χ1n) is 13.0. The molecule has 0 amide bonds. The van der Waals surface area contributed by atoms with Crippen LogP contribution < -0.4 is 15.0 Å². The number of fused-ring (bicyclic) bond motifs is 1. The molecule has 4 aromatic rings. The van der Waals surface area contributed by atoms with E-state index in [0.717, 1.165) is 22.9 Å². The quantitative estimate of drug-likeness (QED) is 0.291. The molecule has 1 aromatic heterocycles. The fourth-order valence-corrected chi connectivity index (χ4v) is 4.75. The molecule has 194 valence electrons. The number of carbonyl (C=O) groups is 1. The standard InChI is InChI=1S/C30H29FN4O3/c31-23-15-22(16-24(18-23)35-11-13-37-14-12-35)27(36)17-21-7-8-28(26-4-2-1-3-25(21)26)38-29-9-10-32-30(34-29)33-19-20-5-6-20/h1-4,7-10,15-16,18,20H,5-6,11-14,17,19H2,(H,32,33,34). The Bertz CT molecular complexity index is 1470. The number of halogens is 1. The molecule has 7 nitrogen and oxygen atoms in total. The third kappa shape index (κ3) is 5.60. The number of ketones is 1. The predicted octanol–water partition coefficient (Wildman–Crippen LogP) is 5.65. The van der Waals surface area contributed by atoms with E-state index < -0.39 is 5.82 Å². The molecule has 0 radical (unpaired) electrons. The zero-order valence-electron chi connectivity index (χ0n) is 21.0. The molecule has 0 unspecified atom stereocenters. The Morgan fingerprint density at radius 3 is 2.68 bits per heavy atom. The van der Waals surface area contributed by atoms with Crippen LogP contribution in [0.25, 0.3) is 10.8 Å². The summed E-state index contributed by atoms with van der Waals surface area (Å²) in [5.74, 6) is 1.79. The van der Waals surface area contributed by atoms with Crippen molar-refractivity contribution in [1.82, 2.24) is 9.97 Å². The normalized spacial score (nSPS) is 15.4. The SMILES string of the molecule is O=C(Cc1ccc(Oc2ccnc(NCC3CC3)n2)c2ccccc12)c1cc(F)cc(N2CCOCC2)c1. The highest BCUT2D eigenvalue weighted by molar-refractivity contribution is 6.01. The number of ether oxygens (including phenoxy) is 2. The Hall–Kier alpha value is -4.04. The van der Waals surface area contributed by atoms with Crippen LogP contribution in [0, 0.1) is 11.7 Å². The van der Waals surface area contributed by atoms with Crippen LogP contribution in [0.2, 0.25) is 0 Å². The molecular formula is C30H29FN4O3. The Morgan fingerprint density at radius 2 is 1.87 bits per heavy atom. The zero-order chi connectivity index (χ0) is 25.9. The van der Waals surface area contributed by atoms with Gasteiger partial charge >= 0.3 is 0 Å². The summed E-state index contributed by atoms with van der Waals surface area (Å²) in [5.41, 5.74) is 1.92. The molecule has 0 atom stereocenters. The number of Topliss-reactive ketones (excluding diaryl/α,β-unsaturated/α-hetero) is 1. The first kappa shape index (κ1) is 24.3. The summed E-state index contributed by atoms with van der Waals surface area (Å²) in [6.07, 6.45) is 4.32. The number of hydrogen-bond acceptors (Lipinski definition) is 7. The van der Waals surface area contributed by atoms with Crippen LogP contribution in [0.15, 0.2) is 66.9 Å². The molecule has 38 heavy (non-hydrogen) atoms. The van der Waals surface area contributed by atoms with Crippen molar-refractivity contribution in [2.45, 2.75) is 19.3 Å². The Balaban J connectivity index is 1.23. The predicted molar refractivity (Wildman–Crippen MR) is 145 cm³/mol. The molecule has 1 aliphatic carbocycles. The van der Waals surface area contributed by atoms with E-state index in [2.05, 4.69) is 15.3 Å². The Labute approximate surface area is 220 Å². The lowest BCUT2D eigenvalue weighted by molar-refractivity contribution is 0.0993. The number of nitrogens with one attached hydrogen (secondary N) is 1. The topological polar surface area (TPSA) is 76.6 Å². The second kappa shape index (κ2) is 10.8. The molecule has 2 heterocycles. The maximum atomic E-state index is 14.5. The fraction of sp³-hybridized carbons (Fsp3) is 0.300. The monoisotopic (exact) mass is 512 g/mol. The van der Waals surface area contributed by atoms with Crippen LogP contribution in [0.1, 0.15) is 28.8 Å². The van der Waals surface area contributed by atoms with Gasteiger partial charge in [0.1, 0.15) is 11.6 Å². The van der Waals surface area contributed by atoms with E-state index in [4.69, 9.17) is 9.47 Å². The maximum Gasteiger partial charge on any atom is 0.225 e. The van der Waals surface area contributed by atoms with Crippen LogP contribution in [0.3, 0.4) is 0 Å². The van der Waals surface area contributed by atoms with Gasteiger partial charge in [0.05, 0.1) is 13.2 Å². The highest BCUT2D eigenvalue weighted by Gasteiger charge is 2.21. The molecule has 0 bridgehead atoms. The van der Waals surface area contributed by atoms with Crippen molar-refractivity contribution < 1.29 is 18.7 Å². The first-order chi connectivity index (χ1) is 18.6. The average Bonchev–Trinajstić information content (AvgIpc) is 3.78. The summed E-state index contributed by atoms with van der Waals surface area (Å²) in [7, 11) is 0. The molecule has 8 heteroatoms. The summed E-state index contributed by atoms with van der Waals surface area (Å²) in [4.78, 5) is 24.1. The Kier molecular flexibility index (Phi) is 6.88. The summed E-state index contributed by atoms with van der Waals surface area (Å²) < 4.78 is 26.0. The molecule has 1 N–H and O–H groups in total.